The van der Waals surface area contributed by atoms with Crippen LogP contribution in [0.4, 0.5) is 10.5 Å². The number of urea groups is 1. The number of nitrogens with one attached hydrogen (secondary N) is 2. The summed E-state index contributed by atoms with van der Waals surface area (Å²) < 4.78 is 0. The van der Waals surface area contributed by atoms with E-state index in [-0.39, 0.29) is 17.6 Å². The zero-order valence-electron chi connectivity index (χ0n) is 14.4. The third-order valence-electron chi connectivity index (χ3n) is 4.86. The monoisotopic (exact) mass is 338 g/mol. The van der Waals surface area contributed by atoms with Crippen LogP contribution in [-0.2, 0) is 0 Å². The number of fused-ring (bicyclic) bond motifs is 2. The topological polar surface area (TPSA) is 75.3 Å². The second kappa shape index (κ2) is 7.05. The van der Waals surface area contributed by atoms with E-state index in [4.69, 9.17) is 0 Å². The molecule has 2 amide bonds. The predicted molar refractivity (Wildman–Crippen MR) is 96.8 cm³/mol. The van der Waals surface area contributed by atoms with Gasteiger partial charge in [0.15, 0.2) is 11.6 Å². The van der Waals surface area contributed by atoms with Crippen LogP contribution in [0.2, 0.25) is 0 Å². The summed E-state index contributed by atoms with van der Waals surface area (Å²) in [6, 6.07) is 4.58. The summed E-state index contributed by atoms with van der Waals surface area (Å²) in [6.07, 6.45) is 8.13. The Hall–Kier alpha value is -2.69. The van der Waals surface area contributed by atoms with Gasteiger partial charge < -0.3 is 10.6 Å². The maximum Gasteiger partial charge on any atom is 0.319 e. The Bertz CT molecular complexity index is 779. The molecule has 130 valence electrons. The molecule has 0 saturated heterocycles. The van der Waals surface area contributed by atoms with E-state index in [2.05, 4.69) is 24.5 Å². The zero-order valence-corrected chi connectivity index (χ0v) is 14.4. The van der Waals surface area contributed by atoms with Crippen LogP contribution in [0.5, 0.6) is 0 Å². The number of carbonyl (C=O) groups excluding carboxylic acids is 3. The number of anilines is 1. The van der Waals surface area contributed by atoms with Crippen LogP contribution in [0, 0.1) is 17.8 Å². The molecule has 0 aliphatic heterocycles. The fraction of sp³-hybridized carbons (Fsp3) is 0.350. The highest BCUT2D eigenvalue weighted by molar-refractivity contribution is 6.18. The molecule has 0 bridgehead atoms. The number of carbonyl (C=O) groups is 3. The van der Waals surface area contributed by atoms with E-state index in [1.165, 1.54) is 0 Å². The van der Waals surface area contributed by atoms with Crippen molar-refractivity contribution < 1.29 is 14.4 Å². The van der Waals surface area contributed by atoms with Crippen molar-refractivity contribution in [2.75, 3.05) is 11.9 Å². The van der Waals surface area contributed by atoms with Crippen molar-refractivity contribution in [2.45, 2.75) is 20.3 Å². The molecule has 2 N–H and O–H groups in total. The number of rotatable bonds is 4. The van der Waals surface area contributed by atoms with Crippen molar-refractivity contribution in [3.8, 4) is 0 Å². The smallest absolute Gasteiger partial charge is 0.319 e. The SMILES string of the molecule is CCC(C)CNC(=O)Nc1ccc2c(c1)C(=O)C1C=CC=CC1C2=O. The standard InChI is InChI=1S/C20H22N2O3/c1-3-12(2)11-21-20(25)22-13-8-9-16-17(10-13)19(24)15-7-5-4-6-14(15)18(16)23/h4-10,12,14-15H,3,11H2,1-2H3,(H2,21,22,25). The molecule has 0 saturated carbocycles. The largest absolute Gasteiger partial charge is 0.338 e. The number of Topliss-reactive ketones (excluding diaryl/α,β-unsaturated/α-hetero) is 2. The third-order valence-corrected chi connectivity index (χ3v) is 4.86. The van der Waals surface area contributed by atoms with Crippen molar-refractivity contribution in [1.82, 2.24) is 5.32 Å². The first-order chi connectivity index (χ1) is 12.0. The predicted octanol–water partition coefficient (Wildman–Crippen LogP) is 3.59. The van der Waals surface area contributed by atoms with Crippen molar-refractivity contribution in [1.29, 1.82) is 0 Å². The van der Waals surface area contributed by atoms with Gasteiger partial charge in [-0.2, -0.15) is 0 Å². The van der Waals surface area contributed by atoms with Crippen molar-refractivity contribution in [3.05, 3.63) is 53.6 Å². The lowest BCUT2D eigenvalue weighted by atomic mass is 9.72. The Labute approximate surface area is 147 Å². The molecule has 0 radical (unpaired) electrons. The van der Waals surface area contributed by atoms with Gasteiger partial charge in [0.2, 0.25) is 0 Å². The molecule has 2 aliphatic rings. The minimum atomic E-state index is -0.445. The maximum atomic E-state index is 12.7. The van der Waals surface area contributed by atoms with Crippen molar-refractivity contribution in [2.24, 2.45) is 17.8 Å². The summed E-state index contributed by atoms with van der Waals surface area (Å²) in [4.78, 5) is 37.3. The number of hydrogen-bond acceptors (Lipinski definition) is 3. The van der Waals surface area contributed by atoms with Gasteiger partial charge in [-0.25, -0.2) is 4.79 Å². The average Bonchev–Trinajstić information content (AvgIpc) is 2.64. The van der Waals surface area contributed by atoms with Gasteiger partial charge >= 0.3 is 6.03 Å². The fourth-order valence-corrected chi connectivity index (χ4v) is 3.09. The second-order valence-corrected chi connectivity index (χ2v) is 6.66. The van der Waals surface area contributed by atoms with E-state index in [0.29, 0.717) is 29.3 Å². The summed E-state index contributed by atoms with van der Waals surface area (Å²) in [5.41, 5.74) is 1.32. The zero-order chi connectivity index (χ0) is 18.0. The lowest BCUT2D eigenvalue weighted by Crippen LogP contribution is -2.35. The van der Waals surface area contributed by atoms with Gasteiger partial charge in [0.25, 0.3) is 0 Å². The minimum Gasteiger partial charge on any atom is -0.338 e. The molecule has 0 fully saturated rings. The van der Waals surface area contributed by atoms with E-state index < -0.39 is 11.8 Å². The molecule has 0 spiro atoms. The molecular formula is C20H22N2O3. The molecule has 0 heterocycles. The summed E-state index contributed by atoms with van der Waals surface area (Å²) >= 11 is 0. The summed E-state index contributed by atoms with van der Waals surface area (Å²) in [5, 5.41) is 5.54. The van der Waals surface area contributed by atoms with Crippen molar-refractivity contribution >= 4 is 23.3 Å². The van der Waals surface area contributed by atoms with Gasteiger partial charge in [0, 0.05) is 23.4 Å². The number of benzene rings is 1. The lowest BCUT2D eigenvalue weighted by Gasteiger charge is -2.28. The fourth-order valence-electron chi connectivity index (χ4n) is 3.09. The molecule has 3 unspecified atom stereocenters. The molecule has 2 aliphatic carbocycles. The first-order valence-corrected chi connectivity index (χ1v) is 8.63. The summed E-state index contributed by atoms with van der Waals surface area (Å²) in [6.45, 7) is 4.72. The Morgan fingerprint density at radius 1 is 1.08 bits per heavy atom. The molecule has 25 heavy (non-hydrogen) atoms. The molecule has 1 aromatic carbocycles. The number of hydrogen-bond donors (Lipinski definition) is 2. The van der Waals surface area contributed by atoms with E-state index in [1.54, 1.807) is 42.5 Å². The molecule has 3 atom stereocenters. The molecule has 3 rings (SSSR count). The van der Waals surface area contributed by atoms with Crippen LogP contribution in [0.25, 0.3) is 0 Å². The van der Waals surface area contributed by atoms with Crippen molar-refractivity contribution in [3.63, 3.8) is 0 Å². The molecule has 0 aromatic heterocycles. The van der Waals surface area contributed by atoms with Crippen LogP contribution in [0.1, 0.15) is 41.0 Å². The van der Waals surface area contributed by atoms with Crippen LogP contribution in [0.3, 0.4) is 0 Å². The Balaban J connectivity index is 1.78. The minimum absolute atomic E-state index is 0.0482. The molecule has 5 nitrogen and oxygen atoms in total. The van der Waals surface area contributed by atoms with Gasteiger partial charge in [-0.1, -0.05) is 44.6 Å². The Kier molecular flexibility index (Phi) is 4.83. The van der Waals surface area contributed by atoms with Crippen LogP contribution in [-0.4, -0.2) is 24.1 Å². The van der Waals surface area contributed by atoms with E-state index in [0.717, 1.165) is 6.42 Å². The van der Waals surface area contributed by atoms with E-state index in [1.807, 2.05) is 0 Å². The van der Waals surface area contributed by atoms with Gasteiger partial charge in [-0.15, -0.1) is 0 Å². The van der Waals surface area contributed by atoms with Gasteiger partial charge in [0.1, 0.15) is 0 Å². The van der Waals surface area contributed by atoms with E-state index >= 15 is 0 Å². The second-order valence-electron chi connectivity index (χ2n) is 6.66. The number of allylic oxidation sites excluding steroid dienone is 4. The maximum absolute atomic E-state index is 12.7. The third kappa shape index (κ3) is 3.40. The Morgan fingerprint density at radius 3 is 2.36 bits per heavy atom. The first-order valence-electron chi connectivity index (χ1n) is 8.63. The highest BCUT2D eigenvalue weighted by atomic mass is 16.2. The highest BCUT2D eigenvalue weighted by Crippen LogP contribution is 2.35. The quantitative estimate of drug-likeness (QED) is 0.881. The highest BCUT2D eigenvalue weighted by Gasteiger charge is 2.39. The molecule has 1 aromatic rings. The number of amides is 2. The first kappa shape index (κ1) is 17.1. The number of ketones is 2. The van der Waals surface area contributed by atoms with E-state index in [9.17, 15) is 14.4 Å². The molecular weight excluding hydrogens is 316 g/mol. The van der Waals surface area contributed by atoms with Crippen LogP contribution >= 0.6 is 0 Å². The van der Waals surface area contributed by atoms with Gasteiger partial charge in [-0.05, 0) is 24.1 Å². The summed E-state index contributed by atoms with van der Waals surface area (Å²) in [7, 11) is 0. The van der Waals surface area contributed by atoms with Crippen LogP contribution in [0.15, 0.2) is 42.5 Å². The normalized spacial score (nSPS) is 22.2. The lowest BCUT2D eigenvalue weighted by molar-refractivity contribution is 0.0801. The molecule has 5 heteroatoms. The summed E-state index contributed by atoms with van der Waals surface area (Å²) in [5.74, 6) is -0.587. The van der Waals surface area contributed by atoms with Gasteiger partial charge in [-0.3, -0.25) is 9.59 Å². The Morgan fingerprint density at radius 2 is 1.72 bits per heavy atom. The van der Waals surface area contributed by atoms with Crippen LogP contribution < -0.4 is 10.6 Å². The van der Waals surface area contributed by atoms with Gasteiger partial charge in [0.05, 0.1) is 11.8 Å². The average molecular weight is 338 g/mol.